The molecule has 0 aliphatic rings. The maximum atomic E-state index is 9.11. The predicted molar refractivity (Wildman–Crippen MR) is 199 cm³/mol. The molecule has 0 aliphatic carbocycles. The van der Waals surface area contributed by atoms with Gasteiger partial charge in [0.25, 0.3) is 0 Å². The molecule has 0 radical (unpaired) electrons. The zero-order valence-corrected chi connectivity index (χ0v) is 31.5. The number of rotatable bonds is 35. The van der Waals surface area contributed by atoms with Crippen molar-refractivity contribution in [2.75, 3.05) is 118 Å². The van der Waals surface area contributed by atoms with E-state index in [1.54, 1.807) is 0 Å². The van der Waals surface area contributed by atoms with Gasteiger partial charge < -0.3 is 29.4 Å². The van der Waals surface area contributed by atoms with E-state index >= 15 is 0 Å². The van der Waals surface area contributed by atoms with Crippen molar-refractivity contribution in [1.29, 1.82) is 42.1 Å². The molecule has 0 heterocycles. The van der Waals surface area contributed by atoms with Gasteiger partial charge in [0.2, 0.25) is 0 Å². The van der Waals surface area contributed by atoms with E-state index in [2.05, 4.69) is 78.0 Å². The zero-order valence-electron chi connectivity index (χ0n) is 31.5. The molecule has 0 atom stereocenters. The minimum absolute atomic E-state index is 0.431. The summed E-state index contributed by atoms with van der Waals surface area (Å²) in [6.07, 6.45) is 7.07. The smallest absolute Gasteiger partial charge is 0.0635 e. The molecule has 0 saturated heterocycles. The standard InChI is InChI=1S/C38H60N14/c39-13-1-21-47(22-2-14-40)29-9-33-51(34-10-30-48(23-3-15-41)24-4-16-42)37-38-52(35-11-31-49(25-5-17-43)26-6-18-44)36-12-32-50(27-7-19-45)28-8-20-46/h1-12,21-38H2. The summed E-state index contributed by atoms with van der Waals surface area (Å²) in [5.41, 5.74) is 0. The van der Waals surface area contributed by atoms with Gasteiger partial charge in [-0.25, -0.2) is 0 Å². The van der Waals surface area contributed by atoms with Crippen LogP contribution in [0.3, 0.4) is 0 Å². The zero-order chi connectivity index (χ0) is 38.3. The molecule has 282 valence electrons. The van der Waals surface area contributed by atoms with E-state index in [0.29, 0.717) is 104 Å². The van der Waals surface area contributed by atoms with Gasteiger partial charge in [0.05, 0.1) is 48.6 Å². The molecule has 0 fully saturated rings. The van der Waals surface area contributed by atoms with Gasteiger partial charge in [-0.15, -0.1) is 0 Å². The van der Waals surface area contributed by atoms with Crippen molar-refractivity contribution in [3.8, 4) is 48.6 Å². The molecule has 14 nitrogen and oxygen atoms in total. The van der Waals surface area contributed by atoms with Crippen molar-refractivity contribution in [3.05, 3.63) is 0 Å². The molecule has 0 amide bonds. The first-order chi connectivity index (χ1) is 25.5. The molecule has 0 spiro atoms. The number of hydrogen-bond donors (Lipinski definition) is 0. The number of nitriles is 8. The summed E-state index contributed by atoms with van der Waals surface area (Å²) < 4.78 is 0. The molecule has 0 aliphatic heterocycles. The number of hydrogen-bond acceptors (Lipinski definition) is 14. The molecule has 0 rings (SSSR count). The highest BCUT2D eigenvalue weighted by molar-refractivity contribution is 4.80. The Labute approximate surface area is 314 Å². The van der Waals surface area contributed by atoms with Crippen molar-refractivity contribution < 1.29 is 0 Å². The Hall–Kier alpha value is -4.32. The quantitative estimate of drug-likeness (QED) is 0.0918. The molecule has 0 saturated carbocycles. The lowest BCUT2D eigenvalue weighted by Gasteiger charge is -2.30. The Balaban J connectivity index is 5.74. The summed E-state index contributed by atoms with van der Waals surface area (Å²) in [4.78, 5) is 13.7. The SMILES string of the molecule is N#CCCN(CCC#N)CCCN(CCCN(CCC#N)CCC#N)CCN(CCCN(CCC#N)CCC#N)CCCN(CCC#N)CCC#N. The second kappa shape index (κ2) is 36.5. The van der Waals surface area contributed by atoms with Crippen LogP contribution in [0, 0.1) is 90.6 Å². The second-order valence-electron chi connectivity index (χ2n) is 12.7. The van der Waals surface area contributed by atoms with Gasteiger partial charge in [-0.05, 0) is 78.0 Å². The third-order valence-electron chi connectivity index (χ3n) is 8.85. The Morgan fingerprint density at radius 2 is 0.327 bits per heavy atom. The van der Waals surface area contributed by atoms with Gasteiger partial charge in [-0.2, -0.15) is 42.1 Å². The van der Waals surface area contributed by atoms with Crippen molar-refractivity contribution >= 4 is 0 Å². The maximum absolute atomic E-state index is 9.11. The summed E-state index contributed by atoms with van der Waals surface area (Å²) in [5.74, 6) is 0. The minimum Gasteiger partial charge on any atom is -0.302 e. The fraction of sp³-hybridized carbons (Fsp3) is 0.789. The van der Waals surface area contributed by atoms with E-state index in [9.17, 15) is 0 Å². The molecule has 0 unspecified atom stereocenters. The van der Waals surface area contributed by atoms with Crippen LogP contribution in [0.2, 0.25) is 0 Å². The van der Waals surface area contributed by atoms with Crippen LogP contribution in [0.15, 0.2) is 0 Å². The molecular formula is C38H60N14. The topological polar surface area (TPSA) is 210 Å². The van der Waals surface area contributed by atoms with Crippen LogP contribution in [0.25, 0.3) is 0 Å². The largest absolute Gasteiger partial charge is 0.302 e. The van der Waals surface area contributed by atoms with E-state index in [4.69, 9.17) is 42.1 Å². The van der Waals surface area contributed by atoms with Crippen molar-refractivity contribution in [3.63, 3.8) is 0 Å². The van der Waals surface area contributed by atoms with Gasteiger partial charge in [0, 0.05) is 117 Å². The fourth-order valence-electron chi connectivity index (χ4n) is 6.03. The van der Waals surface area contributed by atoms with Crippen LogP contribution in [0.1, 0.15) is 77.0 Å². The summed E-state index contributed by atoms with van der Waals surface area (Å²) in [7, 11) is 0. The second-order valence-corrected chi connectivity index (χ2v) is 12.7. The first-order valence-corrected chi connectivity index (χ1v) is 18.8. The normalized spacial score (nSPS) is 10.8. The Bertz CT molecular complexity index is 972. The van der Waals surface area contributed by atoms with Crippen LogP contribution in [-0.4, -0.2) is 147 Å². The third-order valence-corrected chi connectivity index (χ3v) is 8.85. The fourth-order valence-corrected chi connectivity index (χ4v) is 6.03. The molecule has 0 N–H and O–H groups in total. The van der Waals surface area contributed by atoms with Crippen LogP contribution < -0.4 is 0 Å². The summed E-state index contributed by atoms with van der Waals surface area (Å²) in [5, 5.41) is 72.9. The Morgan fingerprint density at radius 1 is 0.192 bits per heavy atom. The van der Waals surface area contributed by atoms with Crippen LogP contribution in [-0.2, 0) is 0 Å². The van der Waals surface area contributed by atoms with E-state index in [1.165, 1.54) is 0 Å². The van der Waals surface area contributed by atoms with E-state index < -0.39 is 0 Å². The van der Waals surface area contributed by atoms with Crippen molar-refractivity contribution in [1.82, 2.24) is 29.4 Å². The van der Waals surface area contributed by atoms with Crippen LogP contribution in [0.5, 0.6) is 0 Å². The Kier molecular flexibility index (Phi) is 33.4. The molecule has 0 aromatic carbocycles. The lowest BCUT2D eigenvalue weighted by atomic mass is 10.2. The van der Waals surface area contributed by atoms with Gasteiger partial charge in [-0.1, -0.05) is 0 Å². The average molecular weight is 713 g/mol. The van der Waals surface area contributed by atoms with Crippen LogP contribution in [0.4, 0.5) is 0 Å². The molecular weight excluding hydrogens is 653 g/mol. The minimum atomic E-state index is 0.431. The Morgan fingerprint density at radius 3 is 0.462 bits per heavy atom. The van der Waals surface area contributed by atoms with Gasteiger partial charge in [-0.3, -0.25) is 0 Å². The number of nitrogens with zero attached hydrogens (tertiary/aromatic N) is 14. The molecule has 14 heteroatoms. The highest BCUT2D eigenvalue weighted by atomic mass is 15.2. The van der Waals surface area contributed by atoms with Gasteiger partial charge in [0.15, 0.2) is 0 Å². The van der Waals surface area contributed by atoms with E-state index in [0.717, 1.165) is 91.1 Å². The first-order valence-electron chi connectivity index (χ1n) is 18.8. The molecule has 0 bridgehead atoms. The lowest BCUT2D eigenvalue weighted by molar-refractivity contribution is 0.168. The average Bonchev–Trinajstić information content (AvgIpc) is 3.16. The van der Waals surface area contributed by atoms with Crippen LogP contribution >= 0.6 is 0 Å². The van der Waals surface area contributed by atoms with Gasteiger partial charge >= 0.3 is 0 Å². The summed E-state index contributed by atoms with van der Waals surface area (Å²) in [6, 6.07) is 17.7. The predicted octanol–water partition coefficient (Wildman–Crippen LogP) is 3.67. The monoisotopic (exact) mass is 713 g/mol. The van der Waals surface area contributed by atoms with E-state index in [1.807, 2.05) is 0 Å². The molecule has 52 heavy (non-hydrogen) atoms. The van der Waals surface area contributed by atoms with E-state index in [-0.39, 0.29) is 0 Å². The summed E-state index contributed by atoms with van der Waals surface area (Å²) in [6.45, 7) is 13.6. The molecule has 0 aromatic rings. The summed E-state index contributed by atoms with van der Waals surface area (Å²) >= 11 is 0. The van der Waals surface area contributed by atoms with Crippen molar-refractivity contribution in [2.24, 2.45) is 0 Å². The first kappa shape index (κ1) is 47.7. The van der Waals surface area contributed by atoms with Gasteiger partial charge in [0.1, 0.15) is 0 Å². The highest BCUT2D eigenvalue weighted by Crippen LogP contribution is 2.06. The third kappa shape index (κ3) is 28.4. The maximum Gasteiger partial charge on any atom is 0.0635 e. The highest BCUT2D eigenvalue weighted by Gasteiger charge is 2.14. The van der Waals surface area contributed by atoms with Crippen molar-refractivity contribution in [2.45, 2.75) is 77.0 Å². The molecule has 0 aromatic heterocycles. The lowest BCUT2D eigenvalue weighted by Crippen LogP contribution is -2.40.